The van der Waals surface area contributed by atoms with Gasteiger partial charge in [0.25, 0.3) is 0 Å². The molecule has 3 heterocycles. The second kappa shape index (κ2) is 3.40. The molecule has 86 valence electrons. The summed E-state index contributed by atoms with van der Waals surface area (Å²) in [6.07, 6.45) is 3.66. The highest BCUT2D eigenvalue weighted by molar-refractivity contribution is 6.00. The van der Waals surface area contributed by atoms with E-state index in [2.05, 4.69) is 20.3 Å². The maximum Gasteiger partial charge on any atom is 0.143 e. The lowest BCUT2D eigenvalue weighted by molar-refractivity contribution is 0.315. The number of nitrogens with zero attached hydrogens (tertiary/aromatic N) is 3. The number of hydrogen-bond acceptors (Lipinski definition) is 4. The Labute approximate surface area is 101 Å². The molecule has 0 saturated heterocycles. The third-order valence-electron chi connectivity index (χ3n) is 3.04. The standard InChI is InChI=1S/C13H8N4O/c1-2-9(12-11(3-1)16-18-17-12)8-4-6-14-13-10(8)5-7-15-13/h1-7H,(H,14,15). The monoisotopic (exact) mass is 236 g/mol. The highest BCUT2D eigenvalue weighted by Gasteiger charge is 2.11. The number of aromatic amines is 1. The van der Waals surface area contributed by atoms with Gasteiger partial charge in [0.1, 0.15) is 16.7 Å². The zero-order valence-electron chi connectivity index (χ0n) is 9.29. The Morgan fingerprint density at radius 3 is 3.00 bits per heavy atom. The maximum atomic E-state index is 4.80. The molecule has 0 fully saturated rings. The van der Waals surface area contributed by atoms with Crippen LogP contribution in [0, 0.1) is 0 Å². The van der Waals surface area contributed by atoms with Gasteiger partial charge in [-0.1, -0.05) is 12.1 Å². The van der Waals surface area contributed by atoms with E-state index in [1.807, 2.05) is 36.5 Å². The molecule has 1 aromatic carbocycles. The van der Waals surface area contributed by atoms with E-state index in [0.29, 0.717) is 0 Å². The Morgan fingerprint density at radius 2 is 2.00 bits per heavy atom. The van der Waals surface area contributed by atoms with E-state index >= 15 is 0 Å². The summed E-state index contributed by atoms with van der Waals surface area (Å²) < 4.78 is 4.80. The summed E-state index contributed by atoms with van der Waals surface area (Å²) in [4.78, 5) is 7.38. The highest BCUT2D eigenvalue weighted by atomic mass is 16.6. The van der Waals surface area contributed by atoms with Crippen LogP contribution in [0.25, 0.3) is 33.2 Å². The SMILES string of the molecule is c1cc(-c2ccnc3[nH]ccc23)c2nonc2c1. The second-order valence-electron chi connectivity index (χ2n) is 4.04. The molecule has 5 heteroatoms. The summed E-state index contributed by atoms with van der Waals surface area (Å²) >= 11 is 0. The van der Waals surface area contributed by atoms with E-state index in [9.17, 15) is 0 Å². The molecule has 3 aromatic heterocycles. The Kier molecular flexibility index (Phi) is 1.77. The zero-order chi connectivity index (χ0) is 11.9. The van der Waals surface area contributed by atoms with E-state index in [4.69, 9.17) is 4.63 Å². The van der Waals surface area contributed by atoms with Gasteiger partial charge in [-0.15, -0.1) is 0 Å². The van der Waals surface area contributed by atoms with Crippen LogP contribution >= 0.6 is 0 Å². The minimum absolute atomic E-state index is 0.757. The molecular formula is C13H8N4O. The topological polar surface area (TPSA) is 67.6 Å². The first kappa shape index (κ1) is 9.35. The molecule has 5 nitrogen and oxygen atoms in total. The van der Waals surface area contributed by atoms with E-state index in [1.54, 1.807) is 6.20 Å². The minimum Gasteiger partial charge on any atom is -0.346 e. The van der Waals surface area contributed by atoms with Crippen molar-refractivity contribution in [2.45, 2.75) is 0 Å². The van der Waals surface area contributed by atoms with E-state index < -0.39 is 0 Å². The van der Waals surface area contributed by atoms with E-state index in [0.717, 1.165) is 33.2 Å². The first-order valence-electron chi connectivity index (χ1n) is 5.57. The van der Waals surface area contributed by atoms with Crippen molar-refractivity contribution in [3.8, 4) is 11.1 Å². The Hall–Kier alpha value is -2.69. The lowest BCUT2D eigenvalue weighted by Crippen LogP contribution is -1.84. The fourth-order valence-electron chi connectivity index (χ4n) is 2.22. The number of H-pyrrole nitrogens is 1. The minimum atomic E-state index is 0.757. The van der Waals surface area contributed by atoms with Crippen molar-refractivity contribution in [1.82, 2.24) is 20.3 Å². The highest BCUT2D eigenvalue weighted by Crippen LogP contribution is 2.31. The van der Waals surface area contributed by atoms with Crippen molar-refractivity contribution >= 4 is 22.1 Å². The fourth-order valence-corrected chi connectivity index (χ4v) is 2.22. The van der Waals surface area contributed by atoms with Crippen molar-refractivity contribution in [2.24, 2.45) is 0 Å². The van der Waals surface area contributed by atoms with Gasteiger partial charge in [-0.3, -0.25) is 0 Å². The van der Waals surface area contributed by atoms with Crippen LogP contribution in [0.4, 0.5) is 0 Å². The molecule has 4 rings (SSSR count). The third-order valence-corrected chi connectivity index (χ3v) is 3.04. The van der Waals surface area contributed by atoms with Crippen molar-refractivity contribution in [1.29, 1.82) is 0 Å². The molecule has 0 spiro atoms. The largest absolute Gasteiger partial charge is 0.346 e. The predicted octanol–water partition coefficient (Wildman–Crippen LogP) is 2.77. The molecule has 0 amide bonds. The predicted molar refractivity (Wildman–Crippen MR) is 66.9 cm³/mol. The second-order valence-corrected chi connectivity index (χ2v) is 4.04. The van der Waals surface area contributed by atoms with Crippen molar-refractivity contribution in [2.75, 3.05) is 0 Å². The first-order chi connectivity index (χ1) is 8.93. The van der Waals surface area contributed by atoms with Crippen molar-refractivity contribution < 1.29 is 4.63 Å². The van der Waals surface area contributed by atoms with E-state index in [-0.39, 0.29) is 0 Å². The van der Waals surface area contributed by atoms with Crippen LogP contribution < -0.4 is 0 Å². The van der Waals surface area contributed by atoms with Gasteiger partial charge in [0.15, 0.2) is 0 Å². The smallest absolute Gasteiger partial charge is 0.143 e. The number of pyridine rings is 1. The molecule has 0 aliphatic carbocycles. The lowest BCUT2D eigenvalue weighted by atomic mass is 10.0. The summed E-state index contributed by atoms with van der Waals surface area (Å²) in [5, 5.41) is 8.90. The molecule has 18 heavy (non-hydrogen) atoms. The molecule has 0 aliphatic rings. The normalized spacial score (nSPS) is 11.3. The van der Waals surface area contributed by atoms with Gasteiger partial charge in [-0.25, -0.2) is 9.61 Å². The van der Waals surface area contributed by atoms with Gasteiger partial charge < -0.3 is 4.98 Å². The van der Waals surface area contributed by atoms with E-state index in [1.165, 1.54) is 0 Å². The molecule has 0 aliphatic heterocycles. The summed E-state index contributed by atoms with van der Waals surface area (Å²) in [5.41, 5.74) is 4.46. The number of rotatable bonds is 1. The van der Waals surface area contributed by atoms with Crippen LogP contribution in [0.2, 0.25) is 0 Å². The van der Waals surface area contributed by atoms with Crippen LogP contribution in [0.3, 0.4) is 0 Å². The zero-order valence-corrected chi connectivity index (χ0v) is 9.29. The van der Waals surface area contributed by atoms with Crippen LogP contribution in [0.5, 0.6) is 0 Å². The Balaban J connectivity index is 2.13. The van der Waals surface area contributed by atoms with Gasteiger partial charge in [-0.2, -0.15) is 0 Å². The van der Waals surface area contributed by atoms with Crippen LogP contribution in [0.15, 0.2) is 47.4 Å². The number of fused-ring (bicyclic) bond motifs is 2. The average molecular weight is 236 g/mol. The van der Waals surface area contributed by atoms with Crippen molar-refractivity contribution in [3.63, 3.8) is 0 Å². The van der Waals surface area contributed by atoms with Crippen LogP contribution in [-0.4, -0.2) is 20.3 Å². The Bertz CT molecular complexity index is 774. The molecule has 0 bridgehead atoms. The summed E-state index contributed by atoms with van der Waals surface area (Å²) in [6.45, 7) is 0. The summed E-state index contributed by atoms with van der Waals surface area (Å²) in [5.74, 6) is 0. The molecule has 0 radical (unpaired) electrons. The van der Waals surface area contributed by atoms with Crippen molar-refractivity contribution in [3.05, 3.63) is 42.7 Å². The van der Waals surface area contributed by atoms with Crippen LogP contribution in [0.1, 0.15) is 0 Å². The number of hydrogen-bond donors (Lipinski definition) is 1. The molecule has 0 unspecified atom stereocenters. The van der Waals surface area contributed by atoms with Gasteiger partial charge in [0.05, 0.1) is 0 Å². The average Bonchev–Trinajstić information content (AvgIpc) is 3.06. The van der Waals surface area contributed by atoms with Gasteiger partial charge in [0.2, 0.25) is 0 Å². The summed E-state index contributed by atoms with van der Waals surface area (Å²) in [7, 11) is 0. The van der Waals surface area contributed by atoms with Gasteiger partial charge >= 0.3 is 0 Å². The third kappa shape index (κ3) is 1.18. The number of nitrogens with one attached hydrogen (secondary N) is 1. The molecular weight excluding hydrogens is 228 g/mol. The molecule has 0 atom stereocenters. The molecule has 0 saturated carbocycles. The van der Waals surface area contributed by atoms with Crippen LogP contribution in [-0.2, 0) is 0 Å². The maximum absolute atomic E-state index is 4.80. The quantitative estimate of drug-likeness (QED) is 0.551. The summed E-state index contributed by atoms with van der Waals surface area (Å²) in [6, 6.07) is 9.81. The lowest BCUT2D eigenvalue weighted by Gasteiger charge is -2.02. The number of benzene rings is 1. The number of aromatic nitrogens is 4. The fraction of sp³-hybridized carbons (Fsp3) is 0. The first-order valence-corrected chi connectivity index (χ1v) is 5.57. The molecule has 4 aromatic rings. The van der Waals surface area contributed by atoms with Gasteiger partial charge in [-0.05, 0) is 34.1 Å². The Morgan fingerprint density at radius 1 is 1.00 bits per heavy atom. The van der Waals surface area contributed by atoms with Gasteiger partial charge in [0, 0.05) is 23.3 Å². The molecule has 1 N–H and O–H groups in total.